The van der Waals surface area contributed by atoms with Crippen LogP contribution in [0.15, 0.2) is 66.7 Å². The molecule has 0 unspecified atom stereocenters. The van der Waals surface area contributed by atoms with Crippen LogP contribution in [0, 0.1) is 6.92 Å². The van der Waals surface area contributed by atoms with Crippen molar-refractivity contribution in [2.24, 2.45) is 0 Å². The highest BCUT2D eigenvalue weighted by Gasteiger charge is 2.05. The molecular weight excluding hydrogens is 292 g/mol. The predicted octanol–water partition coefficient (Wildman–Crippen LogP) is 4.23. The number of hydrogen-bond acceptors (Lipinski definition) is 2. The lowest BCUT2D eigenvalue weighted by Gasteiger charge is -2.00. The third-order valence-corrected chi connectivity index (χ3v) is 3.29. The lowest BCUT2D eigenvalue weighted by atomic mass is 10.1. The van der Waals surface area contributed by atoms with Crippen LogP contribution in [-0.4, -0.2) is 22.2 Å². The summed E-state index contributed by atoms with van der Waals surface area (Å²) in [6.07, 6.45) is 0. The van der Waals surface area contributed by atoms with E-state index in [9.17, 15) is 9.59 Å². The highest BCUT2D eigenvalue weighted by molar-refractivity contribution is 6.03. The van der Waals surface area contributed by atoms with E-state index in [0.29, 0.717) is 11.1 Å². The van der Waals surface area contributed by atoms with E-state index in [-0.39, 0.29) is 0 Å². The Bertz CT molecular complexity index is 847. The third-order valence-electron chi connectivity index (χ3n) is 3.29. The van der Waals surface area contributed by atoms with Gasteiger partial charge in [-0.3, -0.25) is 0 Å². The molecule has 0 bridgehead atoms. The van der Waals surface area contributed by atoms with Crippen LogP contribution < -0.4 is 0 Å². The molecule has 3 aromatic rings. The van der Waals surface area contributed by atoms with Gasteiger partial charge in [-0.15, -0.1) is 0 Å². The van der Waals surface area contributed by atoms with Crippen LogP contribution in [0.2, 0.25) is 0 Å². The van der Waals surface area contributed by atoms with Gasteiger partial charge in [0.1, 0.15) is 0 Å². The van der Waals surface area contributed by atoms with Gasteiger partial charge in [0.25, 0.3) is 0 Å². The summed E-state index contributed by atoms with van der Waals surface area (Å²) in [5.74, 6) is -1.75. The van der Waals surface area contributed by atoms with Crippen LogP contribution >= 0.6 is 0 Å². The topological polar surface area (TPSA) is 74.6 Å². The summed E-state index contributed by atoms with van der Waals surface area (Å²) in [5, 5.41) is 19.1. The molecule has 0 radical (unpaired) electrons. The first kappa shape index (κ1) is 16.2. The molecule has 0 fully saturated rings. The lowest BCUT2D eigenvalue weighted by Crippen LogP contribution is -1.96. The SMILES string of the molecule is Cc1cccc(C(=O)O)c1.O=C(O)c1cccc2ccccc12. The average Bonchev–Trinajstić information content (AvgIpc) is 2.54. The van der Waals surface area contributed by atoms with E-state index in [1.54, 1.807) is 30.3 Å². The number of fused-ring (bicyclic) bond motifs is 1. The van der Waals surface area contributed by atoms with Gasteiger partial charge < -0.3 is 10.2 Å². The zero-order chi connectivity index (χ0) is 16.8. The second-order valence-electron chi connectivity index (χ2n) is 5.01. The van der Waals surface area contributed by atoms with Crippen molar-refractivity contribution in [1.82, 2.24) is 0 Å². The smallest absolute Gasteiger partial charge is 0.336 e. The number of carbonyl (C=O) groups is 2. The minimum Gasteiger partial charge on any atom is -0.478 e. The van der Waals surface area contributed by atoms with Gasteiger partial charge in [0.15, 0.2) is 0 Å². The van der Waals surface area contributed by atoms with Crippen LogP contribution in [-0.2, 0) is 0 Å². The van der Waals surface area contributed by atoms with Gasteiger partial charge >= 0.3 is 11.9 Å². The molecule has 116 valence electrons. The monoisotopic (exact) mass is 308 g/mol. The van der Waals surface area contributed by atoms with Crippen LogP contribution in [0.5, 0.6) is 0 Å². The summed E-state index contributed by atoms with van der Waals surface area (Å²) in [4.78, 5) is 21.2. The fourth-order valence-electron chi connectivity index (χ4n) is 2.19. The summed E-state index contributed by atoms with van der Waals surface area (Å²) < 4.78 is 0. The largest absolute Gasteiger partial charge is 0.478 e. The number of carboxylic acids is 2. The maximum absolute atomic E-state index is 10.8. The molecule has 0 spiro atoms. The van der Waals surface area contributed by atoms with Gasteiger partial charge in [-0.05, 0) is 35.9 Å². The quantitative estimate of drug-likeness (QED) is 0.743. The standard InChI is InChI=1S/C11H8O2.C8H8O2/c12-11(13)10-7-3-5-8-4-1-2-6-9(8)10;1-6-3-2-4-7(5-6)8(9)10/h1-7H,(H,12,13);2-5H,1H3,(H,9,10). The van der Waals surface area contributed by atoms with Crippen LogP contribution in [0.25, 0.3) is 10.8 Å². The Morgan fingerprint density at radius 3 is 2.04 bits per heavy atom. The van der Waals surface area contributed by atoms with Crippen molar-refractivity contribution in [3.63, 3.8) is 0 Å². The minimum absolute atomic E-state index is 0.347. The highest BCUT2D eigenvalue weighted by atomic mass is 16.4. The van der Waals surface area contributed by atoms with Crippen molar-refractivity contribution in [1.29, 1.82) is 0 Å². The zero-order valence-corrected chi connectivity index (χ0v) is 12.6. The predicted molar refractivity (Wildman–Crippen MR) is 89.0 cm³/mol. The van der Waals surface area contributed by atoms with Crippen LogP contribution in [0.3, 0.4) is 0 Å². The first-order valence-electron chi connectivity index (χ1n) is 7.00. The fourth-order valence-corrected chi connectivity index (χ4v) is 2.19. The maximum Gasteiger partial charge on any atom is 0.336 e. The molecule has 0 aliphatic heterocycles. The highest BCUT2D eigenvalue weighted by Crippen LogP contribution is 2.17. The number of aryl methyl sites for hydroxylation is 1. The van der Waals surface area contributed by atoms with Gasteiger partial charge in [-0.1, -0.05) is 54.1 Å². The van der Waals surface area contributed by atoms with Crippen molar-refractivity contribution >= 4 is 22.7 Å². The molecule has 2 N–H and O–H groups in total. The summed E-state index contributed by atoms with van der Waals surface area (Å²) in [6.45, 7) is 1.87. The van der Waals surface area contributed by atoms with Crippen LogP contribution in [0.1, 0.15) is 26.3 Å². The van der Waals surface area contributed by atoms with Crippen LogP contribution in [0.4, 0.5) is 0 Å². The molecule has 0 saturated carbocycles. The van der Waals surface area contributed by atoms with Gasteiger partial charge in [-0.25, -0.2) is 9.59 Å². The van der Waals surface area contributed by atoms with Crippen molar-refractivity contribution in [3.8, 4) is 0 Å². The maximum atomic E-state index is 10.8. The first-order chi connectivity index (χ1) is 11.0. The minimum atomic E-state index is -0.878. The summed E-state index contributed by atoms with van der Waals surface area (Å²) >= 11 is 0. The van der Waals surface area contributed by atoms with Crippen molar-refractivity contribution in [3.05, 3.63) is 83.4 Å². The molecule has 3 rings (SSSR count). The van der Waals surface area contributed by atoms with E-state index in [1.807, 2.05) is 43.3 Å². The van der Waals surface area contributed by atoms with Crippen molar-refractivity contribution in [2.45, 2.75) is 6.92 Å². The molecule has 3 aromatic carbocycles. The molecule has 23 heavy (non-hydrogen) atoms. The Balaban J connectivity index is 0.000000174. The Kier molecular flexibility index (Phi) is 5.10. The Hall–Kier alpha value is -3.14. The van der Waals surface area contributed by atoms with Crippen molar-refractivity contribution < 1.29 is 19.8 Å². The van der Waals surface area contributed by atoms with Gasteiger partial charge in [-0.2, -0.15) is 0 Å². The first-order valence-corrected chi connectivity index (χ1v) is 7.00. The van der Waals surface area contributed by atoms with Crippen molar-refractivity contribution in [2.75, 3.05) is 0 Å². The molecule has 0 atom stereocenters. The van der Waals surface area contributed by atoms with E-state index >= 15 is 0 Å². The lowest BCUT2D eigenvalue weighted by molar-refractivity contribution is 0.0687. The summed E-state index contributed by atoms with van der Waals surface area (Å²) in [7, 11) is 0. The molecule has 0 amide bonds. The molecular formula is C19H16O4. The zero-order valence-electron chi connectivity index (χ0n) is 12.6. The molecule has 0 aliphatic carbocycles. The average molecular weight is 308 g/mol. The van der Waals surface area contributed by atoms with Gasteiger partial charge in [0.2, 0.25) is 0 Å². The molecule has 0 aliphatic rings. The van der Waals surface area contributed by atoms with Gasteiger partial charge in [0.05, 0.1) is 11.1 Å². The molecule has 0 aromatic heterocycles. The normalized spacial score (nSPS) is 9.78. The molecule has 0 heterocycles. The van der Waals surface area contributed by atoms with E-state index in [2.05, 4.69) is 0 Å². The van der Waals surface area contributed by atoms with E-state index in [1.165, 1.54) is 0 Å². The molecule has 0 saturated heterocycles. The molecule has 4 nitrogen and oxygen atoms in total. The van der Waals surface area contributed by atoms with E-state index < -0.39 is 11.9 Å². The van der Waals surface area contributed by atoms with E-state index in [0.717, 1.165) is 16.3 Å². The number of rotatable bonds is 2. The fraction of sp³-hybridized carbons (Fsp3) is 0.0526. The second kappa shape index (κ2) is 7.22. The Labute approximate surface area is 133 Å². The second-order valence-corrected chi connectivity index (χ2v) is 5.01. The molecule has 4 heteroatoms. The third kappa shape index (κ3) is 4.17. The Morgan fingerprint density at radius 1 is 0.783 bits per heavy atom. The van der Waals surface area contributed by atoms with E-state index in [4.69, 9.17) is 10.2 Å². The number of carboxylic acid groups (broad SMARTS) is 2. The van der Waals surface area contributed by atoms with Gasteiger partial charge in [0, 0.05) is 0 Å². The number of aromatic carboxylic acids is 2. The number of hydrogen-bond donors (Lipinski definition) is 2. The summed E-state index contributed by atoms with van der Waals surface area (Å²) in [5.41, 5.74) is 1.68. The summed E-state index contributed by atoms with van der Waals surface area (Å²) in [6, 6.07) is 19.6. The number of benzene rings is 3. The Morgan fingerprint density at radius 2 is 1.43 bits per heavy atom.